The average molecular weight is 260 g/mol. The van der Waals surface area contributed by atoms with Gasteiger partial charge in [0.15, 0.2) is 6.10 Å². The number of fused-ring (bicyclic) bond motifs is 1. The maximum atomic E-state index is 12.3. The van der Waals surface area contributed by atoms with Crippen LogP contribution in [0.1, 0.15) is 25.7 Å². The number of anilines is 1. The molecule has 1 saturated heterocycles. The molecule has 4 nitrogen and oxygen atoms in total. The van der Waals surface area contributed by atoms with Gasteiger partial charge in [-0.15, -0.1) is 0 Å². The summed E-state index contributed by atoms with van der Waals surface area (Å²) in [6.45, 7) is 1.05. The van der Waals surface area contributed by atoms with Gasteiger partial charge in [0, 0.05) is 19.5 Å². The minimum atomic E-state index is -0.351. The maximum Gasteiger partial charge on any atom is 0.267 e. The maximum absolute atomic E-state index is 12.3. The van der Waals surface area contributed by atoms with Crippen LogP contribution < -0.4 is 15.0 Å². The van der Waals surface area contributed by atoms with Crippen molar-refractivity contribution < 1.29 is 9.53 Å². The third kappa shape index (κ3) is 2.45. The Bertz CT molecular complexity index is 469. The Kier molecular flexibility index (Phi) is 3.42. The Morgan fingerprint density at radius 2 is 2.21 bits per heavy atom. The number of hydrogen-bond donors (Lipinski definition) is 1. The molecule has 1 aromatic carbocycles. The number of benzene rings is 1. The van der Waals surface area contributed by atoms with Crippen LogP contribution in [0.15, 0.2) is 24.3 Å². The summed E-state index contributed by atoms with van der Waals surface area (Å²) < 4.78 is 5.89. The number of carbonyl (C=O) groups excluding carboxylic acids is 1. The van der Waals surface area contributed by atoms with E-state index in [0.29, 0.717) is 6.04 Å². The van der Waals surface area contributed by atoms with Gasteiger partial charge >= 0.3 is 0 Å². The molecule has 0 saturated carbocycles. The zero-order chi connectivity index (χ0) is 13.2. The van der Waals surface area contributed by atoms with E-state index in [1.807, 2.05) is 31.3 Å². The molecule has 19 heavy (non-hydrogen) atoms. The highest BCUT2D eigenvalue weighted by Gasteiger charge is 2.33. The third-order valence-electron chi connectivity index (χ3n) is 4.01. The van der Waals surface area contributed by atoms with Crippen molar-refractivity contribution in [1.29, 1.82) is 0 Å². The lowest BCUT2D eigenvalue weighted by Gasteiger charge is -2.34. The molecule has 2 heterocycles. The second-order valence-electron chi connectivity index (χ2n) is 5.35. The monoisotopic (exact) mass is 260 g/mol. The molecule has 1 N–H and O–H groups in total. The molecule has 2 aliphatic heterocycles. The van der Waals surface area contributed by atoms with Crippen LogP contribution in [0.25, 0.3) is 0 Å². The zero-order valence-corrected chi connectivity index (χ0v) is 11.3. The summed E-state index contributed by atoms with van der Waals surface area (Å²) in [6.07, 6.45) is 4.02. The number of nitrogens with zero attached hydrogens (tertiary/aromatic N) is 1. The SMILES string of the molecule is CN1C(=O)C(CC2CCCCN2)Oc2ccccc21. The normalized spacial score (nSPS) is 26.8. The smallest absolute Gasteiger partial charge is 0.267 e. The number of ether oxygens (including phenoxy) is 1. The van der Waals surface area contributed by atoms with Crippen molar-refractivity contribution in [1.82, 2.24) is 5.32 Å². The molecule has 0 bridgehead atoms. The van der Waals surface area contributed by atoms with E-state index in [-0.39, 0.29) is 12.0 Å². The second kappa shape index (κ2) is 5.21. The largest absolute Gasteiger partial charge is 0.478 e. The molecule has 0 aromatic heterocycles. The van der Waals surface area contributed by atoms with Gasteiger partial charge in [0.1, 0.15) is 5.75 Å². The van der Waals surface area contributed by atoms with Gasteiger partial charge in [-0.25, -0.2) is 0 Å². The number of carbonyl (C=O) groups is 1. The van der Waals surface area contributed by atoms with Crippen molar-refractivity contribution >= 4 is 11.6 Å². The van der Waals surface area contributed by atoms with Crippen molar-refractivity contribution in [3.8, 4) is 5.75 Å². The minimum Gasteiger partial charge on any atom is -0.478 e. The van der Waals surface area contributed by atoms with E-state index < -0.39 is 0 Å². The van der Waals surface area contributed by atoms with Crippen LogP contribution >= 0.6 is 0 Å². The topological polar surface area (TPSA) is 41.6 Å². The van der Waals surface area contributed by atoms with Gasteiger partial charge in [-0.3, -0.25) is 4.79 Å². The molecule has 0 spiro atoms. The molecule has 0 aliphatic carbocycles. The van der Waals surface area contributed by atoms with Crippen molar-refractivity contribution in [3.63, 3.8) is 0 Å². The van der Waals surface area contributed by atoms with E-state index >= 15 is 0 Å². The van der Waals surface area contributed by atoms with Crippen molar-refractivity contribution in [2.24, 2.45) is 0 Å². The lowest BCUT2D eigenvalue weighted by atomic mass is 9.98. The van der Waals surface area contributed by atoms with E-state index in [2.05, 4.69) is 5.32 Å². The van der Waals surface area contributed by atoms with Crippen LogP contribution in [0, 0.1) is 0 Å². The molecule has 102 valence electrons. The number of hydrogen-bond acceptors (Lipinski definition) is 3. The Morgan fingerprint density at radius 1 is 1.37 bits per heavy atom. The number of para-hydroxylation sites is 2. The van der Waals surface area contributed by atoms with Crippen LogP contribution in [0.5, 0.6) is 5.75 Å². The molecule has 2 atom stereocenters. The van der Waals surface area contributed by atoms with E-state index in [0.717, 1.165) is 30.8 Å². The highest BCUT2D eigenvalue weighted by atomic mass is 16.5. The Labute approximate surface area is 113 Å². The van der Waals surface area contributed by atoms with Crippen molar-refractivity contribution in [3.05, 3.63) is 24.3 Å². The standard InChI is InChI=1S/C15H20N2O2/c1-17-12-7-2-3-8-13(12)19-14(15(17)18)10-11-6-4-5-9-16-11/h2-3,7-8,11,14,16H,4-6,9-10H2,1H3. The van der Waals surface area contributed by atoms with Crippen LogP contribution in [0.4, 0.5) is 5.69 Å². The van der Waals surface area contributed by atoms with Gasteiger partial charge < -0.3 is 15.0 Å². The summed E-state index contributed by atoms with van der Waals surface area (Å²) >= 11 is 0. The fourth-order valence-corrected chi connectivity index (χ4v) is 2.90. The van der Waals surface area contributed by atoms with Crippen LogP contribution in [-0.2, 0) is 4.79 Å². The quantitative estimate of drug-likeness (QED) is 0.883. The number of amides is 1. The van der Waals surface area contributed by atoms with E-state index in [4.69, 9.17) is 4.74 Å². The van der Waals surface area contributed by atoms with Crippen LogP contribution in [0.3, 0.4) is 0 Å². The van der Waals surface area contributed by atoms with Crippen LogP contribution in [0.2, 0.25) is 0 Å². The first-order valence-electron chi connectivity index (χ1n) is 7.02. The zero-order valence-electron chi connectivity index (χ0n) is 11.3. The Balaban J connectivity index is 1.75. The first-order chi connectivity index (χ1) is 9.25. The van der Waals surface area contributed by atoms with E-state index in [1.165, 1.54) is 12.8 Å². The molecule has 2 unspecified atom stereocenters. The predicted octanol–water partition coefficient (Wildman–Crippen LogP) is 1.94. The lowest BCUT2D eigenvalue weighted by Crippen LogP contribution is -2.48. The Morgan fingerprint density at radius 3 is 3.00 bits per heavy atom. The number of rotatable bonds is 2. The molecule has 3 rings (SSSR count). The predicted molar refractivity (Wildman–Crippen MR) is 74.5 cm³/mol. The van der Waals surface area contributed by atoms with Gasteiger partial charge in [-0.2, -0.15) is 0 Å². The van der Waals surface area contributed by atoms with Crippen molar-refractivity contribution in [2.45, 2.75) is 37.8 Å². The third-order valence-corrected chi connectivity index (χ3v) is 4.01. The number of piperidine rings is 1. The first kappa shape index (κ1) is 12.5. The molecular weight excluding hydrogens is 240 g/mol. The van der Waals surface area contributed by atoms with Crippen molar-refractivity contribution in [2.75, 3.05) is 18.5 Å². The van der Waals surface area contributed by atoms with Crippen LogP contribution in [-0.4, -0.2) is 31.6 Å². The molecule has 0 radical (unpaired) electrons. The molecular formula is C15H20N2O2. The molecule has 1 fully saturated rings. The second-order valence-corrected chi connectivity index (χ2v) is 5.35. The summed E-state index contributed by atoms with van der Waals surface area (Å²) in [6, 6.07) is 8.12. The van der Waals surface area contributed by atoms with Gasteiger partial charge in [0.25, 0.3) is 5.91 Å². The fourth-order valence-electron chi connectivity index (χ4n) is 2.90. The summed E-state index contributed by atoms with van der Waals surface area (Å²) in [7, 11) is 1.82. The van der Waals surface area contributed by atoms with E-state index in [9.17, 15) is 4.79 Å². The van der Waals surface area contributed by atoms with Gasteiger partial charge in [-0.1, -0.05) is 18.6 Å². The highest BCUT2D eigenvalue weighted by molar-refractivity contribution is 5.99. The highest BCUT2D eigenvalue weighted by Crippen LogP contribution is 2.33. The van der Waals surface area contributed by atoms with E-state index in [1.54, 1.807) is 4.90 Å². The summed E-state index contributed by atoms with van der Waals surface area (Å²) in [5.41, 5.74) is 0.861. The molecule has 2 aliphatic rings. The number of nitrogens with one attached hydrogen (secondary N) is 1. The number of likely N-dealkylation sites (N-methyl/N-ethyl adjacent to an activating group) is 1. The summed E-state index contributed by atoms with van der Waals surface area (Å²) in [5, 5.41) is 3.47. The molecule has 1 amide bonds. The minimum absolute atomic E-state index is 0.0612. The summed E-state index contributed by atoms with van der Waals surface area (Å²) in [4.78, 5) is 14.0. The first-order valence-corrected chi connectivity index (χ1v) is 7.02. The molecule has 4 heteroatoms. The summed E-state index contributed by atoms with van der Waals surface area (Å²) in [5.74, 6) is 0.872. The Hall–Kier alpha value is -1.55. The molecule has 1 aromatic rings. The van der Waals surface area contributed by atoms with Gasteiger partial charge in [0.2, 0.25) is 0 Å². The fraction of sp³-hybridized carbons (Fsp3) is 0.533. The van der Waals surface area contributed by atoms with Gasteiger partial charge in [0.05, 0.1) is 5.69 Å². The van der Waals surface area contributed by atoms with Gasteiger partial charge in [-0.05, 0) is 31.5 Å². The lowest BCUT2D eigenvalue weighted by molar-refractivity contribution is -0.126. The average Bonchev–Trinajstić information content (AvgIpc) is 2.46.